The Morgan fingerprint density at radius 1 is 0.970 bits per heavy atom. The molecule has 1 saturated heterocycles. The fraction of sp³-hybridized carbons (Fsp3) is 0.458. The molecule has 2 aromatic carbocycles. The Kier molecular flexibility index (Phi) is 6.18. The number of carbonyl (C=O) groups is 1. The van der Waals surface area contributed by atoms with Gasteiger partial charge in [-0.25, -0.2) is 8.42 Å². The minimum absolute atomic E-state index is 0.0346. The third-order valence-electron chi connectivity index (χ3n) is 6.94. The maximum Gasteiger partial charge on any atom is 0.269 e. The third-order valence-corrected chi connectivity index (χ3v) is 9.57. The minimum atomic E-state index is -3.85. The third kappa shape index (κ3) is 4.10. The second-order valence-electron chi connectivity index (χ2n) is 9.03. The Bertz CT molecular complexity index is 1160. The molecule has 176 valence electrons. The van der Waals surface area contributed by atoms with Gasteiger partial charge >= 0.3 is 0 Å². The number of carbonyl (C=O) groups excluding carboxylic acids is 1. The van der Waals surface area contributed by atoms with E-state index in [2.05, 4.69) is 4.90 Å². The van der Waals surface area contributed by atoms with E-state index in [0.29, 0.717) is 44.6 Å². The van der Waals surface area contributed by atoms with Crippen LogP contribution in [0, 0.1) is 24.0 Å². The lowest BCUT2D eigenvalue weighted by Crippen LogP contribution is -2.57. The molecule has 8 nitrogen and oxygen atoms in total. The number of nitro groups is 1. The summed E-state index contributed by atoms with van der Waals surface area (Å²) in [6.45, 7) is 5.56. The lowest BCUT2D eigenvalue weighted by Gasteiger charge is -2.40. The molecule has 1 aliphatic heterocycles. The number of sulfone groups is 1. The van der Waals surface area contributed by atoms with Gasteiger partial charge in [0.15, 0.2) is 14.6 Å². The molecule has 1 amide bonds. The van der Waals surface area contributed by atoms with Crippen LogP contribution in [0.3, 0.4) is 0 Å². The first-order chi connectivity index (χ1) is 15.7. The van der Waals surface area contributed by atoms with Crippen molar-refractivity contribution in [3.8, 4) is 0 Å². The van der Waals surface area contributed by atoms with Crippen LogP contribution in [0.5, 0.6) is 0 Å². The van der Waals surface area contributed by atoms with Crippen LogP contribution in [0.15, 0.2) is 47.4 Å². The van der Waals surface area contributed by atoms with E-state index < -0.39 is 19.5 Å². The van der Waals surface area contributed by atoms with Gasteiger partial charge in [0.2, 0.25) is 5.91 Å². The number of benzene rings is 2. The van der Waals surface area contributed by atoms with E-state index in [1.54, 1.807) is 36.1 Å². The number of aryl methyl sites for hydroxylation is 2. The molecular weight excluding hydrogens is 442 g/mol. The van der Waals surface area contributed by atoms with Crippen LogP contribution in [-0.4, -0.2) is 55.1 Å². The van der Waals surface area contributed by atoms with E-state index in [1.807, 2.05) is 13.0 Å². The number of hydrogen-bond acceptors (Lipinski definition) is 6. The van der Waals surface area contributed by atoms with Crippen molar-refractivity contribution in [2.75, 3.05) is 31.1 Å². The number of nitrogens with zero attached hydrogens (tertiary/aromatic N) is 3. The summed E-state index contributed by atoms with van der Waals surface area (Å²) in [6, 6.07) is 11.7. The van der Waals surface area contributed by atoms with E-state index in [1.165, 1.54) is 12.1 Å². The number of piperazine rings is 1. The topological polar surface area (TPSA) is 101 Å². The smallest absolute Gasteiger partial charge is 0.269 e. The molecule has 0 bridgehead atoms. The maximum atomic E-state index is 13.9. The molecule has 9 heteroatoms. The molecule has 0 radical (unpaired) electrons. The molecule has 1 heterocycles. The van der Waals surface area contributed by atoms with Gasteiger partial charge in [-0.2, -0.15) is 0 Å². The average molecular weight is 472 g/mol. The molecule has 0 N–H and O–H groups in total. The summed E-state index contributed by atoms with van der Waals surface area (Å²) in [4.78, 5) is 28.2. The molecule has 0 unspecified atom stereocenters. The number of anilines is 1. The highest BCUT2D eigenvalue weighted by Crippen LogP contribution is 2.43. The van der Waals surface area contributed by atoms with E-state index in [0.717, 1.165) is 24.1 Å². The molecule has 0 atom stereocenters. The van der Waals surface area contributed by atoms with Crippen LogP contribution in [-0.2, 0) is 14.6 Å². The molecule has 2 aromatic rings. The number of hydrogen-bond donors (Lipinski definition) is 0. The first-order valence-electron chi connectivity index (χ1n) is 11.3. The zero-order chi connectivity index (χ0) is 23.8. The Labute approximate surface area is 194 Å². The lowest BCUT2D eigenvalue weighted by molar-refractivity contribution is -0.384. The van der Waals surface area contributed by atoms with Crippen LogP contribution < -0.4 is 4.90 Å². The fourth-order valence-electron chi connectivity index (χ4n) is 4.99. The number of nitro benzene ring substituents is 1. The van der Waals surface area contributed by atoms with Gasteiger partial charge in [-0.3, -0.25) is 14.9 Å². The maximum absolute atomic E-state index is 13.9. The van der Waals surface area contributed by atoms with Gasteiger partial charge < -0.3 is 9.80 Å². The summed E-state index contributed by atoms with van der Waals surface area (Å²) in [5, 5.41) is 10.9. The Hall–Kier alpha value is -2.94. The van der Waals surface area contributed by atoms with Crippen LogP contribution >= 0.6 is 0 Å². The predicted octanol–water partition coefficient (Wildman–Crippen LogP) is 3.65. The molecule has 0 spiro atoms. The molecule has 0 aromatic heterocycles. The average Bonchev–Trinajstić information content (AvgIpc) is 3.32. The van der Waals surface area contributed by atoms with Crippen molar-refractivity contribution in [1.29, 1.82) is 0 Å². The fourth-order valence-corrected chi connectivity index (χ4v) is 7.43. The van der Waals surface area contributed by atoms with Crippen LogP contribution in [0.1, 0.15) is 36.8 Å². The van der Waals surface area contributed by atoms with E-state index in [-0.39, 0.29) is 16.5 Å². The monoisotopic (exact) mass is 471 g/mol. The first-order valence-corrected chi connectivity index (χ1v) is 12.7. The number of rotatable bonds is 5. The Balaban J connectivity index is 1.55. The van der Waals surface area contributed by atoms with Crippen molar-refractivity contribution in [3.05, 3.63) is 63.7 Å². The molecule has 2 fully saturated rings. The van der Waals surface area contributed by atoms with Crippen LogP contribution in [0.2, 0.25) is 0 Å². The molecule has 1 aliphatic carbocycles. The summed E-state index contributed by atoms with van der Waals surface area (Å²) in [5.41, 5.74) is 2.41. The highest BCUT2D eigenvalue weighted by atomic mass is 32.2. The van der Waals surface area contributed by atoms with E-state index in [9.17, 15) is 23.3 Å². The molecule has 1 saturated carbocycles. The first kappa shape index (κ1) is 23.2. The van der Waals surface area contributed by atoms with Crippen molar-refractivity contribution < 1.29 is 18.1 Å². The van der Waals surface area contributed by atoms with Crippen molar-refractivity contribution >= 4 is 27.1 Å². The molecule has 2 aliphatic rings. The second-order valence-corrected chi connectivity index (χ2v) is 11.3. The largest absolute Gasteiger partial charge is 0.368 e. The molecular formula is C24H29N3O5S. The van der Waals surface area contributed by atoms with Crippen molar-refractivity contribution in [2.24, 2.45) is 0 Å². The zero-order valence-electron chi connectivity index (χ0n) is 19.0. The van der Waals surface area contributed by atoms with Gasteiger partial charge in [0.1, 0.15) is 0 Å². The van der Waals surface area contributed by atoms with Gasteiger partial charge in [0.05, 0.1) is 9.82 Å². The van der Waals surface area contributed by atoms with Crippen LogP contribution in [0.25, 0.3) is 0 Å². The van der Waals surface area contributed by atoms with Gasteiger partial charge in [0, 0.05) is 44.0 Å². The van der Waals surface area contributed by atoms with Gasteiger partial charge in [-0.15, -0.1) is 0 Å². The normalized spacial score (nSPS) is 18.4. The van der Waals surface area contributed by atoms with Gasteiger partial charge in [-0.1, -0.05) is 25.0 Å². The standard InChI is InChI=1S/C24H29N3O5S/c1-18-5-6-19(2)22(17-18)33(31,32)24(11-3-4-12-24)23(28)26-15-13-25(14-16-26)20-7-9-21(10-8-20)27(29)30/h5-10,17H,3-4,11-16H2,1-2H3. The van der Waals surface area contributed by atoms with Crippen molar-refractivity contribution in [1.82, 2.24) is 4.90 Å². The summed E-state index contributed by atoms with van der Waals surface area (Å²) in [5.74, 6) is -0.288. The number of amides is 1. The second kappa shape index (κ2) is 8.78. The van der Waals surface area contributed by atoms with Crippen molar-refractivity contribution in [3.63, 3.8) is 0 Å². The van der Waals surface area contributed by atoms with E-state index >= 15 is 0 Å². The summed E-state index contributed by atoms with van der Waals surface area (Å²) < 4.78 is 26.3. The quantitative estimate of drug-likeness (QED) is 0.487. The van der Waals surface area contributed by atoms with Crippen molar-refractivity contribution in [2.45, 2.75) is 49.2 Å². The van der Waals surface area contributed by atoms with E-state index in [4.69, 9.17) is 0 Å². The Morgan fingerprint density at radius 2 is 1.58 bits per heavy atom. The highest BCUT2D eigenvalue weighted by Gasteiger charge is 2.55. The molecule has 4 rings (SSSR count). The highest BCUT2D eigenvalue weighted by molar-refractivity contribution is 7.93. The summed E-state index contributed by atoms with van der Waals surface area (Å²) in [6.07, 6.45) is 2.14. The Morgan fingerprint density at radius 3 is 2.15 bits per heavy atom. The molecule has 33 heavy (non-hydrogen) atoms. The predicted molar refractivity (Wildman–Crippen MR) is 126 cm³/mol. The zero-order valence-corrected chi connectivity index (χ0v) is 19.8. The lowest BCUT2D eigenvalue weighted by atomic mass is 10.0. The van der Waals surface area contributed by atoms with Crippen LogP contribution in [0.4, 0.5) is 11.4 Å². The van der Waals surface area contributed by atoms with Gasteiger partial charge in [-0.05, 0) is 56.0 Å². The minimum Gasteiger partial charge on any atom is -0.368 e. The SMILES string of the molecule is Cc1ccc(C)c(S(=O)(=O)C2(C(=O)N3CCN(c4ccc([N+](=O)[O-])cc4)CC3)CCCC2)c1. The summed E-state index contributed by atoms with van der Waals surface area (Å²) >= 11 is 0. The summed E-state index contributed by atoms with van der Waals surface area (Å²) in [7, 11) is -3.85. The van der Waals surface area contributed by atoms with Gasteiger partial charge in [0.25, 0.3) is 5.69 Å². The number of non-ortho nitro benzene ring substituents is 1.